The maximum atomic E-state index is 14.1. The van der Waals surface area contributed by atoms with Gasteiger partial charge in [0.2, 0.25) is 0 Å². The molecule has 0 amide bonds. The molecule has 0 heterocycles. The van der Waals surface area contributed by atoms with Gasteiger partial charge >= 0.3 is 6.18 Å². The summed E-state index contributed by atoms with van der Waals surface area (Å²) in [5, 5.41) is 0. The SMILES string of the molecule is COc1ccc(/C=C(/N(Cc2ccccc2)Cc2ccccc2)C(F)(F)F)cc1. The standard InChI is InChI=1S/C24H22F3NO/c1-29-22-14-12-19(13-15-22)16-23(24(25,26)27)28(17-20-8-4-2-5-9-20)18-21-10-6-3-7-11-21/h2-16H,17-18H2,1H3/b23-16+. The van der Waals surface area contributed by atoms with E-state index < -0.39 is 11.9 Å². The first-order valence-electron chi connectivity index (χ1n) is 9.21. The van der Waals surface area contributed by atoms with E-state index in [2.05, 4.69) is 0 Å². The van der Waals surface area contributed by atoms with Crippen LogP contribution in [-0.2, 0) is 13.1 Å². The van der Waals surface area contributed by atoms with Gasteiger partial charge in [-0.3, -0.25) is 0 Å². The highest BCUT2D eigenvalue weighted by molar-refractivity contribution is 5.55. The highest BCUT2D eigenvalue weighted by Crippen LogP contribution is 2.33. The first-order valence-corrected chi connectivity index (χ1v) is 9.21. The number of nitrogens with zero attached hydrogens (tertiary/aromatic N) is 1. The molecule has 0 fully saturated rings. The van der Waals surface area contributed by atoms with Gasteiger partial charge in [-0.15, -0.1) is 0 Å². The third-order valence-electron chi connectivity index (χ3n) is 4.48. The van der Waals surface area contributed by atoms with Crippen molar-refractivity contribution in [3.8, 4) is 5.75 Å². The summed E-state index contributed by atoms with van der Waals surface area (Å²) >= 11 is 0. The van der Waals surface area contributed by atoms with Gasteiger partial charge in [0.25, 0.3) is 0 Å². The number of halogens is 3. The number of benzene rings is 3. The summed E-state index contributed by atoms with van der Waals surface area (Å²) in [5.74, 6) is 0.598. The Morgan fingerprint density at radius 3 is 1.69 bits per heavy atom. The topological polar surface area (TPSA) is 12.5 Å². The Bertz CT molecular complexity index is 878. The van der Waals surface area contributed by atoms with Crippen LogP contribution in [-0.4, -0.2) is 18.2 Å². The molecule has 0 radical (unpaired) electrons. The van der Waals surface area contributed by atoms with Gasteiger partial charge in [0.05, 0.1) is 7.11 Å². The van der Waals surface area contributed by atoms with E-state index in [4.69, 9.17) is 4.74 Å². The van der Waals surface area contributed by atoms with E-state index in [1.807, 2.05) is 60.7 Å². The summed E-state index contributed by atoms with van der Waals surface area (Å²) in [4.78, 5) is 1.37. The zero-order valence-corrected chi connectivity index (χ0v) is 16.1. The molecular weight excluding hydrogens is 375 g/mol. The number of hydrogen-bond acceptors (Lipinski definition) is 2. The van der Waals surface area contributed by atoms with E-state index in [1.54, 1.807) is 24.3 Å². The van der Waals surface area contributed by atoms with Crippen molar-refractivity contribution in [2.45, 2.75) is 19.3 Å². The number of allylic oxidation sites excluding steroid dienone is 1. The average molecular weight is 397 g/mol. The normalized spacial score (nSPS) is 11.9. The van der Waals surface area contributed by atoms with E-state index in [-0.39, 0.29) is 13.1 Å². The minimum atomic E-state index is -4.50. The minimum absolute atomic E-state index is 0.150. The quantitative estimate of drug-likeness (QED) is 0.464. The molecule has 3 rings (SSSR count). The highest BCUT2D eigenvalue weighted by atomic mass is 19.4. The van der Waals surface area contributed by atoms with Gasteiger partial charge in [0, 0.05) is 13.1 Å². The zero-order valence-electron chi connectivity index (χ0n) is 16.1. The lowest BCUT2D eigenvalue weighted by molar-refractivity contribution is -0.112. The van der Waals surface area contributed by atoms with Gasteiger partial charge in [-0.1, -0.05) is 72.8 Å². The van der Waals surface area contributed by atoms with Crippen LogP contribution in [0.15, 0.2) is 90.6 Å². The Kier molecular flexibility index (Phi) is 6.60. The molecule has 0 aliphatic rings. The second kappa shape index (κ2) is 9.32. The number of rotatable bonds is 7. The molecule has 3 aromatic carbocycles. The first kappa shape index (κ1) is 20.5. The van der Waals surface area contributed by atoms with Crippen LogP contribution in [0.3, 0.4) is 0 Å². The molecule has 0 saturated heterocycles. The van der Waals surface area contributed by atoms with Crippen molar-refractivity contribution >= 4 is 6.08 Å². The molecule has 0 N–H and O–H groups in total. The monoisotopic (exact) mass is 397 g/mol. The Balaban J connectivity index is 2.00. The van der Waals surface area contributed by atoms with Crippen LogP contribution in [0, 0.1) is 0 Å². The Hall–Kier alpha value is -3.21. The Labute approximate surface area is 168 Å². The van der Waals surface area contributed by atoms with Gasteiger partial charge in [-0.05, 0) is 34.9 Å². The molecule has 0 aliphatic carbocycles. The first-order chi connectivity index (χ1) is 14.0. The number of ether oxygens (including phenoxy) is 1. The zero-order chi connectivity index (χ0) is 20.7. The van der Waals surface area contributed by atoms with Crippen molar-refractivity contribution in [3.05, 3.63) is 107 Å². The summed E-state index contributed by atoms with van der Waals surface area (Å²) in [7, 11) is 1.52. The van der Waals surface area contributed by atoms with Crippen LogP contribution in [0.25, 0.3) is 6.08 Å². The van der Waals surface area contributed by atoms with Crippen molar-refractivity contribution in [2.75, 3.05) is 7.11 Å². The molecule has 0 aliphatic heterocycles. The van der Waals surface area contributed by atoms with Crippen LogP contribution in [0.4, 0.5) is 13.2 Å². The summed E-state index contributed by atoms with van der Waals surface area (Å²) in [6.07, 6.45) is -3.31. The van der Waals surface area contributed by atoms with Crippen molar-refractivity contribution in [1.29, 1.82) is 0 Å². The average Bonchev–Trinajstić information content (AvgIpc) is 2.73. The Morgan fingerprint density at radius 1 is 0.793 bits per heavy atom. The van der Waals surface area contributed by atoms with Crippen LogP contribution in [0.5, 0.6) is 5.75 Å². The molecule has 0 aromatic heterocycles. The lowest BCUT2D eigenvalue weighted by atomic mass is 10.1. The summed E-state index contributed by atoms with van der Waals surface area (Å²) < 4.78 is 47.3. The van der Waals surface area contributed by atoms with Gasteiger partial charge in [0.15, 0.2) is 0 Å². The van der Waals surface area contributed by atoms with Crippen LogP contribution >= 0.6 is 0 Å². The summed E-state index contributed by atoms with van der Waals surface area (Å²) in [6, 6.07) is 24.9. The van der Waals surface area contributed by atoms with Crippen molar-refractivity contribution in [3.63, 3.8) is 0 Å². The van der Waals surface area contributed by atoms with E-state index in [1.165, 1.54) is 18.1 Å². The van der Waals surface area contributed by atoms with E-state index in [0.29, 0.717) is 11.3 Å². The lowest BCUT2D eigenvalue weighted by Gasteiger charge is -2.29. The number of methoxy groups -OCH3 is 1. The fourth-order valence-corrected chi connectivity index (χ4v) is 3.04. The third-order valence-corrected chi connectivity index (χ3v) is 4.48. The molecule has 0 saturated carbocycles. The largest absolute Gasteiger partial charge is 0.497 e. The van der Waals surface area contributed by atoms with Crippen molar-refractivity contribution in [1.82, 2.24) is 4.90 Å². The van der Waals surface area contributed by atoms with Gasteiger partial charge in [-0.2, -0.15) is 13.2 Å². The molecule has 2 nitrogen and oxygen atoms in total. The summed E-state index contributed by atoms with van der Waals surface area (Å²) in [6.45, 7) is 0.300. The van der Waals surface area contributed by atoms with E-state index in [9.17, 15) is 13.2 Å². The molecule has 0 spiro atoms. The van der Waals surface area contributed by atoms with Gasteiger partial charge < -0.3 is 9.64 Å². The van der Waals surface area contributed by atoms with Crippen molar-refractivity contribution in [2.24, 2.45) is 0 Å². The second-order valence-electron chi connectivity index (χ2n) is 6.63. The lowest BCUT2D eigenvalue weighted by Crippen LogP contribution is -2.31. The van der Waals surface area contributed by atoms with Crippen LogP contribution in [0.1, 0.15) is 16.7 Å². The molecule has 0 atom stereocenters. The minimum Gasteiger partial charge on any atom is -0.497 e. The molecule has 0 bridgehead atoms. The Morgan fingerprint density at radius 2 is 1.28 bits per heavy atom. The molecule has 5 heteroatoms. The van der Waals surface area contributed by atoms with Gasteiger partial charge in [-0.25, -0.2) is 0 Å². The second-order valence-corrected chi connectivity index (χ2v) is 6.63. The number of alkyl halides is 3. The molecule has 3 aromatic rings. The fraction of sp³-hybridized carbons (Fsp3) is 0.167. The van der Waals surface area contributed by atoms with E-state index >= 15 is 0 Å². The van der Waals surface area contributed by atoms with Crippen molar-refractivity contribution < 1.29 is 17.9 Å². The molecule has 150 valence electrons. The smallest absolute Gasteiger partial charge is 0.431 e. The predicted octanol–water partition coefficient (Wildman–Crippen LogP) is 6.30. The van der Waals surface area contributed by atoms with Crippen LogP contribution in [0.2, 0.25) is 0 Å². The van der Waals surface area contributed by atoms with E-state index in [0.717, 1.165) is 11.1 Å². The molecule has 0 unspecified atom stereocenters. The number of hydrogen-bond donors (Lipinski definition) is 0. The maximum Gasteiger partial charge on any atom is 0.431 e. The third kappa shape index (κ3) is 5.88. The maximum absolute atomic E-state index is 14.1. The fourth-order valence-electron chi connectivity index (χ4n) is 3.04. The molecular formula is C24H22F3NO. The van der Waals surface area contributed by atoms with Crippen LogP contribution < -0.4 is 4.74 Å². The summed E-state index contributed by atoms with van der Waals surface area (Å²) in [5.41, 5.74) is 1.40. The van der Waals surface area contributed by atoms with Gasteiger partial charge in [0.1, 0.15) is 11.4 Å². The highest BCUT2D eigenvalue weighted by Gasteiger charge is 2.37. The predicted molar refractivity (Wildman–Crippen MR) is 109 cm³/mol. The molecule has 29 heavy (non-hydrogen) atoms.